The van der Waals surface area contributed by atoms with Gasteiger partial charge in [0.15, 0.2) is 0 Å². The van der Waals surface area contributed by atoms with Crippen molar-refractivity contribution in [3.63, 3.8) is 0 Å². The summed E-state index contributed by atoms with van der Waals surface area (Å²) < 4.78 is 0. The van der Waals surface area contributed by atoms with Crippen molar-refractivity contribution < 1.29 is 0 Å². The molecule has 0 unspecified atom stereocenters. The zero-order chi connectivity index (χ0) is 12.8. The van der Waals surface area contributed by atoms with Crippen LogP contribution in [-0.4, -0.2) is 30.1 Å². The van der Waals surface area contributed by atoms with E-state index in [0.29, 0.717) is 13.0 Å². The summed E-state index contributed by atoms with van der Waals surface area (Å²) in [7, 11) is 2.07. The number of nitrogens with zero attached hydrogens (tertiary/aromatic N) is 4. The molecule has 0 spiro atoms. The third-order valence-electron chi connectivity index (χ3n) is 3.34. The maximum atomic E-state index is 8.49. The Hall–Kier alpha value is -1.83. The Morgan fingerprint density at radius 3 is 3.00 bits per heavy atom. The Kier molecular flexibility index (Phi) is 4.35. The number of rotatable bonds is 6. The van der Waals surface area contributed by atoms with Crippen LogP contribution in [0, 0.1) is 17.2 Å². The Morgan fingerprint density at radius 2 is 2.33 bits per heavy atom. The first-order chi connectivity index (χ1) is 8.79. The first-order valence-electron chi connectivity index (χ1n) is 6.43. The van der Waals surface area contributed by atoms with Gasteiger partial charge in [-0.15, -0.1) is 0 Å². The van der Waals surface area contributed by atoms with E-state index in [-0.39, 0.29) is 0 Å². The smallest absolute Gasteiger partial charge is 0.133 e. The highest BCUT2D eigenvalue weighted by atomic mass is 15.2. The molecule has 96 valence electrons. The number of nitriles is 1. The number of aromatic nitrogens is 2. The van der Waals surface area contributed by atoms with Gasteiger partial charge >= 0.3 is 0 Å². The van der Waals surface area contributed by atoms with Crippen molar-refractivity contribution in [1.82, 2.24) is 9.97 Å². The summed E-state index contributed by atoms with van der Waals surface area (Å²) in [5.74, 6) is 2.55. The minimum atomic E-state index is 0.483. The molecule has 18 heavy (non-hydrogen) atoms. The van der Waals surface area contributed by atoms with E-state index in [2.05, 4.69) is 33.3 Å². The van der Waals surface area contributed by atoms with E-state index >= 15 is 0 Å². The highest BCUT2D eigenvalue weighted by molar-refractivity contribution is 5.47. The quantitative estimate of drug-likeness (QED) is 0.777. The predicted octanol–water partition coefficient (Wildman–Crippen LogP) is 2.04. The molecule has 0 bridgehead atoms. The van der Waals surface area contributed by atoms with Crippen LogP contribution in [-0.2, 0) is 0 Å². The second-order valence-electron chi connectivity index (χ2n) is 4.77. The third kappa shape index (κ3) is 3.33. The molecule has 0 amide bonds. The predicted molar refractivity (Wildman–Crippen MR) is 71.4 cm³/mol. The average Bonchev–Trinajstić information content (AvgIpc) is 2.34. The summed E-state index contributed by atoms with van der Waals surface area (Å²) in [4.78, 5) is 10.6. The number of nitrogens with one attached hydrogen (secondary N) is 1. The molecule has 1 aliphatic rings. The standard InChI is InChI=1S/C13H19N5/c1-18(9-11-4-2-5-11)13-8-12(16-10-17-13)15-7-3-6-14/h8,10-11H,2-5,7,9H2,1H3,(H,15,16,17). The molecule has 0 aromatic carbocycles. The summed E-state index contributed by atoms with van der Waals surface area (Å²) in [5, 5.41) is 11.6. The van der Waals surface area contributed by atoms with Crippen LogP contribution in [0.3, 0.4) is 0 Å². The monoisotopic (exact) mass is 245 g/mol. The molecule has 1 aromatic heterocycles. The van der Waals surface area contributed by atoms with Crippen LogP contribution in [0.5, 0.6) is 0 Å². The van der Waals surface area contributed by atoms with Gasteiger partial charge in [0.05, 0.1) is 12.5 Å². The molecule has 1 fully saturated rings. The molecular formula is C13H19N5. The molecule has 1 N–H and O–H groups in total. The Balaban J connectivity index is 1.90. The van der Waals surface area contributed by atoms with Crippen LogP contribution in [0.4, 0.5) is 11.6 Å². The molecular weight excluding hydrogens is 226 g/mol. The van der Waals surface area contributed by atoms with Crippen molar-refractivity contribution in [1.29, 1.82) is 5.26 Å². The second kappa shape index (κ2) is 6.20. The van der Waals surface area contributed by atoms with Crippen LogP contribution in [0.15, 0.2) is 12.4 Å². The van der Waals surface area contributed by atoms with E-state index in [0.717, 1.165) is 24.1 Å². The molecule has 2 rings (SSSR count). The van der Waals surface area contributed by atoms with Crippen molar-refractivity contribution in [2.24, 2.45) is 5.92 Å². The number of hydrogen-bond acceptors (Lipinski definition) is 5. The van der Waals surface area contributed by atoms with Crippen molar-refractivity contribution in [2.45, 2.75) is 25.7 Å². The van der Waals surface area contributed by atoms with E-state index in [4.69, 9.17) is 5.26 Å². The molecule has 0 saturated heterocycles. The van der Waals surface area contributed by atoms with Gasteiger partial charge in [-0.25, -0.2) is 9.97 Å². The average molecular weight is 245 g/mol. The number of hydrogen-bond donors (Lipinski definition) is 1. The SMILES string of the molecule is CN(CC1CCC1)c1cc(NCCC#N)ncn1. The molecule has 0 aliphatic heterocycles. The molecule has 1 aliphatic carbocycles. The summed E-state index contributed by atoms with van der Waals surface area (Å²) in [6.07, 6.45) is 6.09. The van der Waals surface area contributed by atoms with Gasteiger partial charge in [-0.2, -0.15) is 5.26 Å². The first kappa shape index (κ1) is 12.6. The van der Waals surface area contributed by atoms with Gasteiger partial charge in [-0.3, -0.25) is 0 Å². The summed E-state index contributed by atoms with van der Waals surface area (Å²) >= 11 is 0. The maximum absolute atomic E-state index is 8.49. The van der Waals surface area contributed by atoms with Crippen molar-refractivity contribution >= 4 is 11.6 Å². The zero-order valence-electron chi connectivity index (χ0n) is 10.8. The van der Waals surface area contributed by atoms with Crippen LogP contribution in [0.2, 0.25) is 0 Å². The lowest BCUT2D eigenvalue weighted by molar-refractivity contribution is 0.321. The molecule has 0 radical (unpaired) electrons. The summed E-state index contributed by atoms with van der Waals surface area (Å²) in [6, 6.07) is 4.04. The largest absolute Gasteiger partial charge is 0.369 e. The molecule has 5 heteroatoms. The fourth-order valence-electron chi connectivity index (χ4n) is 2.06. The zero-order valence-corrected chi connectivity index (χ0v) is 10.8. The van der Waals surface area contributed by atoms with E-state index in [1.807, 2.05) is 6.07 Å². The minimum Gasteiger partial charge on any atom is -0.369 e. The molecule has 1 aromatic rings. The van der Waals surface area contributed by atoms with Gasteiger partial charge in [-0.1, -0.05) is 6.42 Å². The number of anilines is 2. The normalized spacial score (nSPS) is 14.7. The summed E-state index contributed by atoms with van der Waals surface area (Å²) in [5.41, 5.74) is 0. The lowest BCUT2D eigenvalue weighted by Crippen LogP contribution is -2.29. The van der Waals surface area contributed by atoms with Gasteiger partial charge in [-0.05, 0) is 18.8 Å². The van der Waals surface area contributed by atoms with Crippen molar-refractivity contribution in [3.8, 4) is 6.07 Å². The third-order valence-corrected chi connectivity index (χ3v) is 3.34. The van der Waals surface area contributed by atoms with Crippen LogP contribution < -0.4 is 10.2 Å². The summed E-state index contributed by atoms with van der Waals surface area (Å²) in [6.45, 7) is 1.69. The lowest BCUT2D eigenvalue weighted by atomic mass is 9.85. The highest BCUT2D eigenvalue weighted by Crippen LogP contribution is 2.28. The van der Waals surface area contributed by atoms with Crippen molar-refractivity contribution in [2.75, 3.05) is 30.4 Å². The molecule has 5 nitrogen and oxygen atoms in total. The van der Waals surface area contributed by atoms with Crippen LogP contribution in [0.1, 0.15) is 25.7 Å². The first-order valence-corrected chi connectivity index (χ1v) is 6.43. The lowest BCUT2D eigenvalue weighted by Gasteiger charge is -2.30. The van der Waals surface area contributed by atoms with Crippen LogP contribution >= 0.6 is 0 Å². The minimum absolute atomic E-state index is 0.483. The second-order valence-corrected chi connectivity index (χ2v) is 4.77. The Labute approximate surface area is 108 Å². The molecule has 0 atom stereocenters. The molecule has 1 saturated carbocycles. The molecule has 1 heterocycles. The van der Waals surface area contributed by atoms with E-state index in [1.165, 1.54) is 19.3 Å². The van der Waals surface area contributed by atoms with E-state index < -0.39 is 0 Å². The van der Waals surface area contributed by atoms with Gasteiger partial charge in [0.2, 0.25) is 0 Å². The van der Waals surface area contributed by atoms with Crippen molar-refractivity contribution in [3.05, 3.63) is 12.4 Å². The fraction of sp³-hybridized carbons (Fsp3) is 0.615. The van der Waals surface area contributed by atoms with Gasteiger partial charge in [0.25, 0.3) is 0 Å². The van der Waals surface area contributed by atoms with Crippen LogP contribution in [0.25, 0.3) is 0 Å². The van der Waals surface area contributed by atoms with Gasteiger partial charge < -0.3 is 10.2 Å². The Bertz CT molecular complexity index is 422. The Morgan fingerprint density at radius 1 is 1.50 bits per heavy atom. The van der Waals surface area contributed by atoms with E-state index in [9.17, 15) is 0 Å². The highest BCUT2D eigenvalue weighted by Gasteiger charge is 2.19. The van der Waals surface area contributed by atoms with Gasteiger partial charge in [0, 0.05) is 26.2 Å². The topological polar surface area (TPSA) is 64.8 Å². The van der Waals surface area contributed by atoms with E-state index in [1.54, 1.807) is 6.33 Å². The fourth-order valence-corrected chi connectivity index (χ4v) is 2.06. The maximum Gasteiger partial charge on any atom is 0.133 e. The van der Waals surface area contributed by atoms with Gasteiger partial charge in [0.1, 0.15) is 18.0 Å².